The molecule has 1 aromatic rings. The van der Waals surface area contributed by atoms with Crippen molar-refractivity contribution in [3.05, 3.63) is 23.3 Å². The van der Waals surface area contributed by atoms with Gasteiger partial charge in [0.05, 0.1) is 12.7 Å². The van der Waals surface area contributed by atoms with E-state index in [1.54, 1.807) is 6.07 Å². The number of carbonyl (C=O) groups is 1. The van der Waals surface area contributed by atoms with Crippen LogP contribution in [0.3, 0.4) is 0 Å². The summed E-state index contributed by atoms with van der Waals surface area (Å²) in [5, 5.41) is 22.7. The van der Waals surface area contributed by atoms with Gasteiger partial charge in [-0.2, -0.15) is 0 Å². The van der Waals surface area contributed by atoms with E-state index in [4.69, 9.17) is 4.74 Å². The SMILES string of the molecule is COc1ccc2c(c1O)[C@]13CCN(C)[C@H](C2)[C@]1(O)CCC(=O)[C@H]3C. The summed E-state index contributed by atoms with van der Waals surface area (Å²) in [5.74, 6) is 0.369. The molecule has 1 aliphatic heterocycles. The first-order valence-electron chi connectivity index (χ1n) is 8.71. The van der Waals surface area contributed by atoms with E-state index in [9.17, 15) is 15.0 Å². The summed E-state index contributed by atoms with van der Waals surface area (Å²) in [4.78, 5) is 14.8. The Morgan fingerprint density at radius 1 is 1.33 bits per heavy atom. The molecule has 3 aliphatic rings. The maximum atomic E-state index is 12.6. The predicted octanol–water partition coefficient (Wildman–Crippen LogP) is 1.63. The van der Waals surface area contributed by atoms with Crippen molar-refractivity contribution < 1.29 is 19.7 Å². The second kappa shape index (κ2) is 4.96. The van der Waals surface area contributed by atoms with Crippen LogP contribution in [0.25, 0.3) is 0 Å². The van der Waals surface area contributed by atoms with E-state index in [1.807, 2.05) is 20.0 Å². The number of likely N-dealkylation sites (tertiary alicyclic amines) is 1. The van der Waals surface area contributed by atoms with Crippen LogP contribution >= 0.6 is 0 Å². The second-order valence-corrected chi connectivity index (χ2v) is 7.68. The molecule has 5 nitrogen and oxygen atoms in total. The lowest BCUT2D eigenvalue weighted by atomic mass is 9.46. The molecule has 0 spiro atoms. The minimum atomic E-state index is -0.996. The van der Waals surface area contributed by atoms with E-state index in [-0.39, 0.29) is 23.5 Å². The lowest BCUT2D eigenvalue weighted by Gasteiger charge is -2.64. The van der Waals surface area contributed by atoms with Crippen molar-refractivity contribution in [3.8, 4) is 11.5 Å². The highest BCUT2D eigenvalue weighted by Crippen LogP contribution is 2.62. The van der Waals surface area contributed by atoms with Gasteiger partial charge in [0.25, 0.3) is 0 Å². The van der Waals surface area contributed by atoms with Crippen LogP contribution in [0.5, 0.6) is 11.5 Å². The number of likely N-dealkylation sites (N-methyl/N-ethyl adjacent to an activating group) is 1. The molecule has 1 saturated heterocycles. The molecule has 0 aromatic heterocycles. The van der Waals surface area contributed by atoms with Gasteiger partial charge in [-0.3, -0.25) is 4.79 Å². The number of aliphatic hydroxyl groups is 1. The van der Waals surface area contributed by atoms with Gasteiger partial charge in [-0.25, -0.2) is 0 Å². The van der Waals surface area contributed by atoms with Crippen molar-refractivity contribution >= 4 is 5.78 Å². The second-order valence-electron chi connectivity index (χ2n) is 7.68. The Morgan fingerprint density at radius 3 is 2.79 bits per heavy atom. The number of ketones is 1. The molecule has 0 amide bonds. The number of nitrogens with zero attached hydrogens (tertiary/aromatic N) is 1. The van der Waals surface area contributed by atoms with E-state index < -0.39 is 11.0 Å². The molecule has 2 aliphatic carbocycles. The maximum Gasteiger partial charge on any atom is 0.161 e. The quantitative estimate of drug-likeness (QED) is 0.818. The Hall–Kier alpha value is -1.59. The van der Waals surface area contributed by atoms with Gasteiger partial charge in [-0.05, 0) is 44.5 Å². The van der Waals surface area contributed by atoms with E-state index in [2.05, 4.69) is 4.90 Å². The van der Waals surface area contributed by atoms with Crippen LogP contribution in [0.4, 0.5) is 0 Å². The van der Waals surface area contributed by atoms with Crippen molar-refractivity contribution in [2.45, 2.75) is 49.7 Å². The fraction of sp³-hybridized carbons (Fsp3) is 0.632. The molecule has 1 aromatic carbocycles. The first kappa shape index (κ1) is 15.9. The standard InChI is InChI=1S/C19H25NO4/c1-11-13(21)6-7-19(23)15-10-12-4-5-14(24-3)17(22)16(12)18(11,19)8-9-20(15)2/h4-5,11,15,22-23H,6-10H2,1-3H3/t11-,15-,18-,19-/m1/s1. The molecule has 2 fully saturated rings. The Balaban J connectivity index is 2.05. The Labute approximate surface area is 142 Å². The summed E-state index contributed by atoms with van der Waals surface area (Å²) < 4.78 is 5.31. The van der Waals surface area contributed by atoms with Crippen LogP contribution in [0.15, 0.2) is 12.1 Å². The van der Waals surface area contributed by atoms with E-state index in [1.165, 1.54) is 7.11 Å². The number of ether oxygens (including phenoxy) is 1. The molecule has 0 radical (unpaired) electrons. The third-order valence-corrected chi connectivity index (χ3v) is 7.00. The van der Waals surface area contributed by atoms with Gasteiger partial charge < -0.3 is 19.8 Å². The van der Waals surface area contributed by atoms with Gasteiger partial charge in [-0.15, -0.1) is 0 Å². The van der Waals surface area contributed by atoms with Crippen molar-refractivity contribution in [1.82, 2.24) is 4.90 Å². The minimum absolute atomic E-state index is 0.0258. The first-order chi connectivity index (χ1) is 11.4. The minimum Gasteiger partial charge on any atom is -0.504 e. The van der Waals surface area contributed by atoms with Gasteiger partial charge in [0.1, 0.15) is 5.78 Å². The number of fused-ring (bicyclic) bond motifs is 1. The number of hydrogen-bond donors (Lipinski definition) is 2. The van der Waals surface area contributed by atoms with Gasteiger partial charge in [-0.1, -0.05) is 13.0 Å². The number of phenolic OH excluding ortho intramolecular Hbond substituents is 1. The summed E-state index contributed by atoms with van der Waals surface area (Å²) in [6.45, 7) is 2.73. The lowest BCUT2D eigenvalue weighted by molar-refractivity contribution is -0.183. The zero-order chi connectivity index (χ0) is 17.3. The molecule has 2 N–H and O–H groups in total. The van der Waals surface area contributed by atoms with E-state index in [0.717, 1.165) is 17.7 Å². The van der Waals surface area contributed by atoms with Gasteiger partial charge in [0.2, 0.25) is 0 Å². The number of hydrogen-bond acceptors (Lipinski definition) is 5. The van der Waals surface area contributed by atoms with E-state index >= 15 is 0 Å². The van der Waals surface area contributed by atoms with Crippen LogP contribution in [0, 0.1) is 5.92 Å². The molecular formula is C19H25NO4. The number of methoxy groups -OCH3 is 1. The highest BCUT2D eigenvalue weighted by Gasteiger charge is 2.67. The molecule has 130 valence electrons. The van der Waals surface area contributed by atoms with Crippen LogP contribution in [0.1, 0.15) is 37.3 Å². The molecule has 4 rings (SSSR count). The zero-order valence-electron chi connectivity index (χ0n) is 14.5. The topological polar surface area (TPSA) is 70.0 Å². The number of phenols is 1. The summed E-state index contributed by atoms with van der Waals surface area (Å²) >= 11 is 0. The summed E-state index contributed by atoms with van der Waals surface area (Å²) in [7, 11) is 3.57. The number of benzene rings is 1. The highest BCUT2D eigenvalue weighted by molar-refractivity contribution is 5.85. The third-order valence-electron chi connectivity index (χ3n) is 7.00. The average Bonchev–Trinajstić information content (AvgIpc) is 2.55. The van der Waals surface area contributed by atoms with Gasteiger partial charge in [0, 0.05) is 29.4 Å². The van der Waals surface area contributed by atoms with Crippen LogP contribution in [-0.4, -0.2) is 53.2 Å². The monoisotopic (exact) mass is 331 g/mol. The first-order valence-corrected chi connectivity index (χ1v) is 8.71. The number of aromatic hydroxyl groups is 1. The summed E-state index contributed by atoms with van der Waals surface area (Å²) in [5.41, 5.74) is 0.0425. The number of piperidine rings is 1. The maximum absolute atomic E-state index is 12.6. The Bertz CT molecular complexity index is 718. The normalized spacial score (nSPS) is 38.4. The average molecular weight is 331 g/mol. The van der Waals surface area contributed by atoms with E-state index in [0.29, 0.717) is 31.4 Å². The third kappa shape index (κ3) is 1.64. The molecule has 24 heavy (non-hydrogen) atoms. The number of rotatable bonds is 1. The zero-order valence-corrected chi connectivity index (χ0v) is 14.5. The Morgan fingerprint density at radius 2 is 2.08 bits per heavy atom. The number of carbonyl (C=O) groups excluding carboxylic acids is 1. The molecule has 0 unspecified atom stereocenters. The van der Waals surface area contributed by atoms with Gasteiger partial charge >= 0.3 is 0 Å². The molecule has 1 heterocycles. The lowest BCUT2D eigenvalue weighted by Crippen LogP contribution is -2.75. The summed E-state index contributed by atoms with van der Waals surface area (Å²) in [6, 6.07) is 3.73. The molecule has 1 saturated carbocycles. The largest absolute Gasteiger partial charge is 0.504 e. The fourth-order valence-electron chi connectivity index (χ4n) is 5.71. The highest BCUT2D eigenvalue weighted by atomic mass is 16.5. The number of Topliss-reactive ketones (excluding diaryl/α,β-unsaturated/α-hetero) is 1. The predicted molar refractivity (Wildman–Crippen MR) is 89.4 cm³/mol. The van der Waals surface area contributed by atoms with Gasteiger partial charge in [0.15, 0.2) is 11.5 Å². The van der Waals surface area contributed by atoms with Crippen molar-refractivity contribution in [2.75, 3.05) is 20.7 Å². The molecular weight excluding hydrogens is 306 g/mol. The summed E-state index contributed by atoms with van der Waals surface area (Å²) in [6.07, 6.45) is 2.21. The van der Waals surface area contributed by atoms with Crippen molar-refractivity contribution in [3.63, 3.8) is 0 Å². The Kier molecular flexibility index (Phi) is 3.29. The van der Waals surface area contributed by atoms with Crippen LogP contribution < -0.4 is 4.74 Å². The molecule has 4 atom stereocenters. The molecule has 2 bridgehead atoms. The van der Waals surface area contributed by atoms with Crippen molar-refractivity contribution in [1.29, 1.82) is 0 Å². The smallest absolute Gasteiger partial charge is 0.161 e. The molecule has 5 heteroatoms. The van der Waals surface area contributed by atoms with Crippen LogP contribution in [0.2, 0.25) is 0 Å². The van der Waals surface area contributed by atoms with Crippen LogP contribution in [-0.2, 0) is 16.6 Å². The van der Waals surface area contributed by atoms with Crippen molar-refractivity contribution in [2.24, 2.45) is 5.92 Å². The fourth-order valence-corrected chi connectivity index (χ4v) is 5.71.